The fraction of sp³-hybridized carbons (Fsp3) is 0.391. The molecule has 0 atom stereocenters. The van der Waals surface area contributed by atoms with Gasteiger partial charge in [0.15, 0.2) is 0 Å². The lowest BCUT2D eigenvalue weighted by molar-refractivity contribution is 0.185. The van der Waals surface area contributed by atoms with Crippen molar-refractivity contribution >= 4 is 10.9 Å². The Labute approximate surface area is 173 Å². The van der Waals surface area contributed by atoms with E-state index in [0.29, 0.717) is 17.4 Å². The number of hydrogen-bond acceptors (Lipinski definition) is 4. The zero-order chi connectivity index (χ0) is 20.5. The SMILES string of the molecule is Cn1cnnc1[C@]1(c2cccc(-n3cc(C4CC4)c4cn[nH]c4c3=O)c2)C[C@H](C)C1. The first-order chi connectivity index (χ1) is 14.6. The molecular formula is C23H24N6O. The van der Waals surface area contributed by atoms with Gasteiger partial charge in [-0.05, 0) is 60.8 Å². The lowest BCUT2D eigenvalue weighted by Crippen LogP contribution is -2.43. The maximum Gasteiger partial charge on any atom is 0.280 e. The Balaban J connectivity index is 1.52. The van der Waals surface area contributed by atoms with Crippen molar-refractivity contribution in [1.29, 1.82) is 0 Å². The van der Waals surface area contributed by atoms with Gasteiger partial charge in [-0.2, -0.15) is 5.10 Å². The number of pyridine rings is 1. The summed E-state index contributed by atoms with van der Waals surface area (Å²) in [6.07, 6.45) is 9.98. The molecule has 0 aliphatic heterocycles. The number of aromatic amines is 1. The van der Waals surface area contributed by atoms with Crippen LogP contribution in [0.3, 0.4) is 0 Å². The van der Waals surface area contributed by atoms with Crippen molar-refractivity contribution in [3.8, 4) is 5.69 Å². The number of nitrogens with one attached hydrogen (secondary N) is 1. The van der Waals surface area contributed by atoms with Crippen molar-refractivity contribution in [3.05, 3.63) is 70.3 Å². The van der Waals surface area contributed by atoms with E-state index in [-0.39, 0.29) is 11.0 Å². The molecule has 0 radical (unpaired) electrons. The van der Waals surface area contributed by atoms with Gasteiger partial charge in [-0.3, -0.25) is 14.5 Å². The van der Waals surface area contributed by atoms with Gasteiger partial charge >= 0.3 is 0 Å². The second-order valence-corrected chi connectivity index (χ2v) is 9.10. The van der Waals surface area contributed by atoms with Gasteiger partial charge in [-0.1, -0.05) is 19.1 Å². The van der Waals surface area contributed by atoms with Gasteiger partial charge in [0.1, 0.15) is 17.7 Å². The van der Waals surface area contributed by atoms with Crippen molar-refractivity contribution in [2.75, 3.05) is 0 Å². The van der Waals surface area contributed by atoms with E-state index in [0.717, 1.165) is 29.7 Å². The van der Waals surface area contributed by atoms with Gasteiger partial charge in [0.25, 0.3) is 5.56 Å². The Kier molecular flexibility index (Phi) is 3.61. The van der Waals surface area contributed by atoms with Gasteiger partial charge in [-0.25, -0.2) is 0 Å². The number of rotatable bonds is 4. The maximum atomic E-state index is 13.2. The number of aromatic nitrogens is 6. The second kappa shape index (κ2) is 6.14. The minimum atomic E-state index is -0.151. The Morgan fingerprint density at radius 1 is 1.23 bits per heavy atom. The lowest BCUT2D eigenvalue weighted by atomic mass is 9.58. The highest BCUT2D eigenvalue weighted by Crippen LogP contribution is 2.51. The van der Waals surface area contributed by atoms with Crippen molar-refractivity contribution in [2.45, 2.75) is 43.9 Å². The molecule has 0 saturated heterocycles. The normalized spacial score (nSPS) is 23.6. The predicted molar refractivity (Wildman–Crippen MR) is 114 cm³/mol. The van der Waals surface area contributed by atoms with Gasteiger partial charge in [0, 0.05) is 24.3 Å². The third-order valence-electron chi connectivity index (χ3n) is 6.88. The van der Waals surface area contributed by atoms with Crippen molar-refractivity contribution in [1.82, 2.24) is 29.5 Å². The number of hydrogen-bond donors (Lipinski definition) is 1. The molecule has 7 heteroatoms. The number of benzene rings is 1. The Bertz CT molecular complexity index is 1320. The van der Waals surface area contributed by atoms with Crippen LogP contribution in [-0.4, -0.2) is 29.5 Å². The van der Waals surface area contributed by atoms with Crippen LogP contribution in [0.1, 0.15) is 55.5 Å². The summed E-state index contributed by atoms with van der Waals surface area (Å²) >= 11 is 0. The first kappa shape index (κ1) is 17.6. The fourth-order valence-corrected chi connectivity index (χ4v) is 5.31. The summed E-state index contributed by atoms with van der Waals surface area (Å²) in [5.74, 6) is 2.15. The number of H-pyrrole nitrogens is 1. The van der Waals surface area contributed by atoms with Crippen LogP contribution in [0.2, 0.25) is 0 Å². The molecule has 0 bridgehead atoms. The third kappa shape index (κ3) is 2.44. The van der Waals surface area contributed by atoms with Crippen LogP contribution in [-0.2, 0) is 12.5 Å². The number of fused-ring (bicyclic) bond motifs is 1. The highest BCUT2D eigenvalue weighted by molar-refractivity contribution is 5.82. The Morgan fingerprint density at radius 3 is 2.77 bits per heavy atom. The minimum Gasteiger partial charge on any atom is -0.320 e. The summed E-state index contributed by atoms with van der Waals surface area (Å²) < 4.78 is 3.80. The zero-order valence-corrected chi connectivity index (χ0v) is 17.2. The molecule has 2 aliphatic carbocycles. The summed E-state index contributed by atoms with van der Waals surface area (Å²) in [4.78, 5) is 13.2. The van der Waals surface area contributed by atoms with Crippen LogP contribution < -0.4 is 5.56 Å². The van der Waals surface area contributed by atoms with E-state index in [2.05, 4.69) is 39.5 Å². The number of aryl methyl sites for hydroxylation is 1. The summed E-state index contributed by atoms with van der Waals surface area (Å²) in [7, 11) is 2.00. The second-order valence-electron chi connectivity index (χ2n) is 9.10. The highest BCUT2D eigenvalue weighted by atomic mass is 16.1. The monoisotopic (exact) mass is 400 g/mol. The predicted octanol–water partition coefficient (Wildman–Crippen LogP) is 3.44. The largest absolute Gasteiger partial charge is 0.320 e. The van der Waals surface area contributed by atoms with Crippen LogP contribution >= 0.6 is 0 Å². The molecule has 7 nitrogen and oxygen atoms in total. The van der Waals surface area contributed by atoms with Crippen LogP contribution in [0.25, 0.3) is 16.6 Å². The molecule has 1 aromatic carbocycles. The number of nitrogens with zero attached hydrogens (tertiary/aromatic N) is 5. The van der Waals surface area contributed by atoms with Crippen LogP contribution in [0, 0.1) is 5.92 Å². The first-order valence-electron chi connectivity index (χ1n) is 10.6. The fourth-order valence-electron chi connectivity index (χ4n) is 5.31. The van der Waals surface area contributed by atoms with Crippen molar-refractivity contribution in [2.24, 2.45) is 13.0 Å². The first-order valence-corrected chi connectivity index (χ1v) is 10.6. The van der Waals surface area contributed by atoms with Gasteiger partial charge in [0.05, 0.1) is 11.6 Å². The molecule has 3 aromatic heterocycles. The van der Waals surface area contributed by atoms with E-state index in [1.807, 2.05) is 29.9 Å². The van der Waals surface area contributed by atoms with Crippen molar-refractivity contribution < 1.29 is 0 Å². The Morgan fingerprint density at radius 2 is 2.07 bits per heavy atom. The topological polar surface area (TPSA) is 81.4 Å². The minimum absolute atomic E-state index is 0.0567. The molecular weight excluding hydrogens is 376 g/mol. The van der Waals surface area contributed by atoms with E-state index >= 15 is 0 Å². The summed E-state index contributed by atoms with van der Waals surface area (Å²) in [5.41, 5.74) is 3.67. The molecule has 0 amide bonds. The molecule has 4 aromatic rings. The van der Waals surface area contributed by atoms with E-state index in [1.54, 1.807) is 17.1 Å². The molecule has 2 fully saturated rings. The van der Waals surface area contributed by atoms with E-state index in [9.17, 15) is 4.79 Å². The summed E-state index contributed by atoms with van der Waals surface area (Å²) in [6.45, 7) is 2.27. The van der Waals surface area contributed by atoms with Crippen LogP contribution in [0.4, 0.5) is 0 Å². The maximum absolute atomic E-state index is 13.2. The average Bonchev–Trinajstić information content (AvgIpc) is 3.27. The van der Waals surface area contributed by atoms with E-state index < -0.39 is 0 Å². The molecule has 3 heterocycles. The lowest BCUT2D eigenvalue weighted by Gasteiger charge is -2.46. The van der Waals surface area contributed by atoms with Crippen LogP contribution in [0.15, 0.2) is 47.8 Å². The molecule has 2 aliphatic rings. The zero-order valence-electron chi connectivity index (χ0n) is 17.2. The van der Waals surface area contributed by atoms with E-state index in [1.165, 1.54) is 24.0 Å². The van der Waals surface area contributed by atoms with Gasteiger partial charge in [-0.15, -0.1) is 10.2 Å². The average molecular weight is 400 g/mol. The quantitative estimate of drug-likeness (QED) is 0.569. The van der Waals surface area contributed by atoms with Gasteiger partial charge in [0.2, 0.25) is 0 Å². The van der Waals surface area contributed by atoms with Gasteiger partial charge < -0.3 is 4.57 Å². The smallest absolute Gasteiger partial charge is 0.280 e. The standard InChI is InChI=1S/C23H24N6O/c1-14-9-23(10-14,22-27-25-13-28(22)2)16-4-3-5-17(8-16)29-12-19(15-6-7-15)18-11-24-26-20(18)21(29)30/h3-5,8,11-15H,6-7,9-10H2,1-2H3,(H,24,26)/t14-,23+. The van der Waals surface area contributed by atoms with E-state index in [4.69, 9.17) is 0 Å². The third-order valence-corrected chi connectivity index (χ3v) is 6.88. The summed E-state index contributed by atoms with van der Waals surface area (Å²) in [5, 5.41) is 16.6. The van der Waals surface area contributed by atoms with Crippen molar-refractivity contribution in [3.63, 3.8) is 0 Å². The molecule has 0 unspecified atom stereocenters. The summed E-state index contributed by atoms with van der Waals surface area (Å²) in [6, 6.07) is 8.37. The molecule has 0 spiro atoms. The Hall–Kier alpha value is -3.22. The molecule has 6 rings (SSSR count). The molecule has 2 saturated carbocycles. The molecule has 1 N–H and O–H groups in total. The molecule has 152 valence electrons. The molecule has 30 heavy (non-hydrogen) atoms. The van der Waals surface area contributed by atoms with Crippen LogP contribution in [0.5, 0.6) is 0 Å². The highest BCUT2D eigenvalue weighted by Gasteiger charge is 2.48.